The molecule has 14 heavy (non-hydrogen) atoms. The fraction of sp³-hybridized carbons (Fsp3) is 0.917. The molecule has 0 radical (unpaired) electrons. The van der Waals surface area contributed by atoms with Crippen molar-refractivity contribution in [2.24, 2.45) is 5.92 Å². The van der Waals surface area contributed by atoms with Crippen LogP contribution in [0.5, 0.6) is 0 Å². The van der Waals surface area contributed by atoms with Crippen molar-refractivity contribution < 1.29 is 4.79 Å². The summed E-state index contributed by atoms with van der Waals surface area (Å²) in [4.78, 5) is 13.5. The molecule has 1 heterocycles. The van der Waals surface area contributed by atoms with Crippen molar-refractivity contribution in [3.05, 3.63) is 0 Å². The predicted molar refractivity (Wildman–Crippen MR) is 61.2 cm³/mol. The summed E-state index contributed by atoms with van der Waals surface area (Å²) in [6.07, 6.45) is 2.94. The normalized spacial score (nSPS) is 25.6. The average molecular weight is 199 g/mol. The molecule has 84 valence electrons. The van der Waals surface area contributed by atoms with Crippen LogP contribution in [0.3, 0.4) is 0 Å². The number of carbonyl (C=O) groups is 1. The van der Waals surface area contributed by atoms with E-state index < -0.39 is 0 Å². The highest BCUT2D eigenvalue weighted by atomic mass is 16.2. The summed E-state index contributed by atoms with van der Waals surface area (Å²) in [6, 6.07) is 0.512. The first-order valence-electron chi connectivity index (χ1n) is 6.00. The molecule has 1 aliphatic heterocycles. The van der Waals surface area contributed by atoms with Gasteiger partial charge in [-0.1, -0.05) is 34.6 Å². The van der Waals surface area contributed by atoms with Crippen molar-refractivity contribution in [1.82, 2.24) is 4.90 Å². The Morgan fingerprint density at radius 3 is 2.36 bits per heavy atom. The highest BCUT2D eigenvalue weighted by molar-refractivity contribution is 5.76. The zero-order chi connectivity index (χ0) is 11.1. The van der Waals surface area contributed by atoms with E-state index in [0.717, 1.165) is 13.0 Å². The molecular weight excluding hydrogens is 174 g/mol. The van der Waals surface area contributed by atoms with E-state index in [0.29, 0.717) is 24.3 Å². The third-order valence-electron chi connectivity index (χ3n) is 2.92. The molecule has 0 aromatic heterocycles. The summed E-state index contributed by atoms with van der Waals surface area (Å²) in [6.45, 7) is 11.3. The summed E-state index contributed by atoms with van der Waals surface area (Å²) in [5.41, 5.74) is 0. The third kappa shape index (κ3) is 3.00. The standard InChI is InChI=1S/C10H19NO.C2H6/c1-4-9-8(3)6-7-11(9)10(12)5-2;1-2/h8-9H,4-7H2,1-3H3;1-2H3. The molecule has 0 aromatic rings. The van der Waals surface area contributed by atoms with Crippen LogP contribution in [0, 0.1) is 5.92 Å². The molecule has 1 fully saturated rings. The molecule has 0 N–H and O–H groups in total. The molecule has 2 nitrogen and oxygen atoms in total. The molecule has 0 aliphatic carbocycles. The fourth-order valence-electron chi connectivity index (χ4n) is 2.14. The highest BCUT2D eigenvalue weighted by Gasteiger charge is 2.31. The lowest BCUT2D eigenvalue weighted by Gasteiger charge is -2.25. The first-order valence-corrected chi connectivity index (χ1v) is 6.00. The van der Waals surface area contributed by atoms with Crippen LogP contribution in [-0.2, 0) is 4.79 Å². The van der Waals surface area contributed by atoms with Crippen molar-refractivity contribution in [2.45, 2.75) is 59.9 Å². The van der Waals surface area contributed by atoms with Gasteiger partial charge in [0.1, 0.15) is 0 Å². The quantitative estimate of drug-likeness (QED) is 0.669. The minimum absolute atomic E-state index is 0.325. The lowest BCUT2D eigenvalue weighted by Crippen LogP contribution is -2.36. The van der Waals surface area contributed by atoms with E-state index in [9.17, 15) is 4.79 Å². The predicted octanol–water partition coefficient (Wildman–Crippen LogP) is 3.07. The van der Waals surface area contributed by atoms with Gasteiger partial charge >= 0.3 is 0 Å². The summed E-state index contributed by atoms with van der Waals surface area (Å²) in [5.74, 6) is 1.02. The van der Waals surface area contributed by atoms with Crippen LogP contribution in [0.1, 0.15) is 53.9 Å². The zero-order valence-corrected chi connectivity index (χ0v) is 10.3. The van der Waals surface area contributed by atoms with Gasteiger partial charge in [0.15, 0.2) is 0 Å². The molecule has 1 rings (SSSR count). The maximum absolute atomic E-state index is 11.5. The van der Waals surface area contributed by atoms with Gasteiger partial charge in [-0.25, -0.2) is 0 Å². The molecule has 0 saturated carbocycles. The van der Waals surface area contributed by atoms with Crippen LogP contribution >= 0.6 is 0 Å². The smallest absolute Gasteiger partial charge is 0.222 e. The summed E-state index contributed by atoms with van der Waals surface area (Å²) in [5, 5.41) is 0. The van der Waals surface area contributed by atoms with Crippen LogP contribution in [0.2, 0.25) is 0 Å². The van der Waals surface area contributed by atoms with Crippen molar-refractivity contribution in [1.29, 1.82) is 0 Å². The molecule has 0 bridgehead atoms. The maximum atomic E-state index is 11.5. The van der Waals surface area contributed by atoms with Crippen molar-refractivity contribution in [3.63, 3.8) is 0 Å². The fourth-order valence-corrected chi connectivity index (χ4v) is 2.14. The third-order valence-corrected chi connectivity index (χ3v) is 2.92. The Kier molecular flexibility index (Phi) is 6.60. The minimum atomic E-state index is 0.325. The second-order valence-electron chi connectivity index (χ2n) is 3.68. The molecule has 2 unspecified atom stereocenters. The highest BCUT2D eigenvalue weighted by Crippen LogP contribution is 2.26. The first-order chi connectivity index (χ1) is 6.70. The van der Waals surface area contributed by atoms with Gasteiger partial charge in [-0.2, -0.15) is 0 Å². The summed E-state index contributed by atoms with van der Waals surface area (Å²) in [7, 11) is 0. The second kappa shape index (κ2) is 6.86. The van der Waals surface area contributed by atoms with Gasteiger partial charge in [-0.3, -0.25) is 4.79 Å². The van der Waals surface area contributed by atoms with Gasteiger partial charge < -0.3 is 4.90 Å². The van der Waals surface area contributed by atoms with Gasteiger partial charge in [0.2, 0.25) is 5.91 Å². The van der Waals surface area contributed by atoms with E-state index in [1.54, 1.807) is 0 Å². The van der Waals surface area contributed by atoms with Gasteiger partial charge in [0.25, 0.3) is 0 Å². The largest absolute Gasteiger partial charge is 0.339 e. The summed E-state index contributed by atoms with van der Waals surface area (Å²) >= 11 is 0. The van der Waals surface area contributed by atoms with Crippen LogP contribution in [0.15, 0.2) is 0 Å². The minimum Gasteiger partial charge on any atom is -0.339 e. The van der Waals surface area contributed by atoms with Gasteiger partial charge in [0, 0.05) is 19.0 Å². The van der Waals surface area contributed by atoms with Gasteiger partial charge in [-0.15, -0.1) is 0 Å². The Hall–Kier alpha value is -0.530. The lowest BCUT2D eigenvalue weighted by molar-refractivity contribution is -0.132. The van der Waals surface area contributed by atoms with Crippen molar-refractivity contribution in [3.8, 4) is 0 Å². The summed E-state index contributed by atoms with van der Waals surface area (Å²) < 4.78 is 0. The molecule has 2 heteroatoms. The Bertz CT molecular complexity index is 168. The van der Waals surface area contributed by atoms with E-state index >= 15 is 0 Å². The van der Waals surface area contributed by atoms with Crippen LogP contribution < -0.4 is 0 Å². The Morgan fingerprint density at radius 2 is 1.93 bits per heavy atom. The van der Waals surface area contributed by atoms with Gasteiger partial charge in [-0.05, 0) is 18.8 Å². The number of likely N-dealkylation sites (tertiary alicyclic amines) is 1. The Balaban J connectivity index is 0.000000791. The van der Waals surface area contributed by atoms with E-state index in [1.165, 1.54) is 6.42 Å². The molecule has 0 spiro atoms. The number of hydrogen-bond donors (Lipinski definition) is 0. The molecule has 1 saturated heterocycles. The maximum Gasteiger partial charge on any atom is 0.222 e. The van der Waals surface area contributed by atoms with E-state index in [2.05, 4.69) is 18.7 Å². The SMILES string of the molecule is CC.CCC(=O)N1CCC(C)C1CC. The number of carbonyl (C=O) groups excluding carboxylic acids is 1. The first kappa shape index (κ1) is 13.5. The number of rotatable bonds is 2. The van der Waals surface area contributed by atoms with E-state index in [4.69, 9.17) is 0 Å². The van der Waals surface area contributed by atoms with Crippen LogP contribution in [-0.4, -0.2) is 23.4 Å². The molecule has 1 amide bonds. The molecule has 1 aliphatic rings. The number of nitrogens with zero attached hydrogens (tertiary/aromatic N) is 1. The van der Waals surface area contributed by atoms with E-state index in [-0.39, 0.29) is 0 Å². The monoisotopic (exact) mass is 199 g/mol. The van der Waals surface area contributed by atoms with E-state index in [1.807, 2.05) is 20.8 Å². The zero-order valence-electron chi connectivity index (χ0n) is 10.3. The van der Waals surface area contributed by atoms with Gasteiger partial charge in [0.05, 0.1) is 0 Å². The number of amides is 1. The van der Waals surface area contributed by atoms with Crippen molar-refractivity contribution in [2.75, 3.05) is 6.54 Å². The molecule has 0 aromatic carbocycles. The number of hydrogen-bond acceptors (Lipinski definition) is 1. The molecule has 2 atom stereocenters. The topological polar surface area (TPSA) is 20.3 Å². The Morgan fingerprint density at radius 1 is 1.36 bits per heavy atom. The second-order valence-corrected chi connectivity index (χ2v) is 3.68. The van der Waals surface area contributed by atoms with Crippen LogP contribution in [0.4, 0.5) is 0 Å². The molecular formula is C12H25NO. The lowest BCUT2D eigenvalue weighted by atomic mass is 10.0. The van der Waals surface area contributed by atoms with Crippen molar-refractivity contribution >= 4 is 5.91 Å². The Labute approximate surface area is 88.7 Å². The average Bonchev–Trinajstić information content (AvgIpc) is 2.61. The van der Waals surface area contributed by atoms with Crippen LogP contribution in [0.25, 0.3) is 0 Å².